The van der Waals surface area contributed by atoms with Gasteiger partial charge >= 0.3 is 0 Å². The van der Waals surface area contributed by atoms with Gasteiger partial charge in [-0.1, -0.05) is 6.92 Å². The molecule has 2 N–H and O–H groups in total. The van der Waals surface area contributed by atoms with E-state index in [-0.39, 0.29) is 30.0 Å². The van der Waals surface area contributed by atoms with Crippen LogP contribution in [-0.2, 0) is 16.4 Å². The second-order valence-corrected chi connectivity index (χ2v) is 7.98. The largest absolute Gasteiger partial charge is 0.469 e. The van der Waals surface area contributed by atoms with E-state index in [2.05, 4.69) is 22.5 Å². The first-order valence-electron chi connectivity index (χ1n) is 8.52. The van der Waals surface area contributed by atoms with Crippen LogP contribution in [0.5, 0.6) is 0 Å². The first kappa shape index (κ1) is 22.2. The molecule has 25 heavy (non-hydrogen) atoms. The molecule has 0 bridgehead atoms. The number of aliphatic imine (C=N–C) groups is 1. The van der Waals surface area contributed by atoms with E-state index in [4.69, 9.17) is 4.42 Å². The van der Waals surface area contributed by atoms with Gasteiger partial charge in [0, 0.05) is 32.1 Å². The van der Waals surface area contributed by atoms with Gasteiger partial charge in [0.05, 0.1) is 19.1 Å². The fraction of sp³-hybridized carbons (Fsp3) is 0.688. The molecule has 0 aliphatic carbocycles. The van der Waals surface area contributed by atoms with Crippen molar-refractivity contribution in [3.8, 4) is 0 Å². The van der Waals surface area contributed by atoms with E-state index in [0.29, 0.717) is 19.6 Å². The molecule has 2 heterocycles. The molecule has 1 aromatic rings. The normalized spacial score (nSPS) is 18.8. The summed E-state index contributed by atoms with van der Waals surface area (Å²) in [5.74, 6) is 1.65. The summed E-state index contributed by atoms with van der Waals surface area (Å²) < 4.78 is 30.5. The molecule has 0 spiro atoms. The number of furan rings is 1. The lowest BCUT2D eigenvalue weighted by Gasteiger charge is -2.21. The Morgan fingerprint density at radius 2 is 2.16 bits per heavy atom. The summed E-state index contributed by atoms with van der Waals surface area (Å²) in [5, 5.41) is 6.55. The molecule has 144 valence electrons. The molecule has 1 atom stereocenters. The summed E-state index contributed by atoms with van der Waals surface area (Å²) in [5.41, 5.74) is 0. The molecule has 0 radical (unpaired) electrons. The summed E-state index contributed by atoms with van der Waals surface area (Å²) in [6, 6.07) is 3.78. The summed E-state index contributed by atoms with van der Waals surface area (Å²) in [7, 11) is -3.15. The van der Waals surface area contributed by atoms with Crippen LogP contribution in [0, 0.1) is 0 Å². The van der Waals surface area contributed by atoms with Crippen LogP contribution in [0.3, 0.4) is 0 Å². The van der Waals surface area contributed by atoms with Gasteiger partial charge in [0.15, 0.2) is 5.96 Å². The maximum Gasteiger partial charge on any atom is 0.211 e. The van der Waals surface area contributed by atoms with Crippen molar-refractivity contribution in [3.63, 3.8) is 0 Å². The Morgan fingerprint density at radius 3 is 2.80 bits per heavy atom. The van der Waals surface area contributed by atoms with Crippen LogP contribution in [-0.4, -0.2) is 57.2 Å². The van der Waals surface area contributed by atoms with E-state index in [1.165, 1.54) is 6.26 Å². The molecular weight excluding hydrogens is 455 g/mol. The number of nitrogens with one attached hydrogen (secondary N) is 2. The molecular formula is C16H29IN4O3S. The molecule has 0 unspecified atom stereocenters. The maximum atomic E-state index is 11.8. The van der Waals surface area contributed by atoms with Crippen molar-refractivity contribution in [2.45, 2.75) is 38.6 Å². The molecule has 1 aliphatic rings. The highest BCUT2D eigenvalue weighted by Gasteiger charge is 2.31. The summed E-state index contributed by atoms with van der Waals surface area (Å²) in [6.45, 7) is 4.71. The van der Waals surface area contributed by atoms with Gasteiger partial charge in [-0.3, -0.25) is 4.99 Å². The smallest absolute Gasteiger partial charge is 0.211 e. The minimum Gasteiger partial charge on any atom is -0.469 e. The number of nitrogens with zero attached hydrogens (tertiary/aromatic N) is 2. The first-order valence-corrected chi connectivity index (χ1v) is 10.4. The maximum absolute atomic E-state index is 11.8. The van der Waals surface area contributed by atoms with E-state index in [9.17, 15) is 8.42 Å². The van der Waals surface area contributed by atoms with Crippen molar-refractivity contribution in [1.82, 2.24) is 14.9 Å². The number of halogens is 1. The number of sulfonamides is 1. The number of guanidine groups is 1. The quantitative estimate of drug-likeness (QED) is 0.334. The van der Waals surface area contributed by atoms with Gasteiger partial charge < -0.3 is 15.1 Å². The number of hydrogen-bond donors (Lipinski definition) is 2. The van der Waals surface area contributed by atoms with E-state index >= 15 is 0 Å². The molecule has 1 fully saturated rings. The van der Waals surface area contributed by atoms with E-state index in [0.717, 1.165) is 43.9 Å². The third kappa shape index (κ3) is 7.53. The SMILES string of the molecule is CCCNC(=NC[C@H]1CCCN1S(C)(=O)=O)NCCc1ccco1.I. The van der Waals surface area contributed by atoms with Gasteiger partial charge in [0.2, 0.25) is 10.0 Å². The molecule has 1 aliphatic heterocycles. The Balaban J connectivity index is 0.00000312. The van der Waals surface area contributed by atoms with Crippen molar-refractivity contribution in [2.24, 2.45) is 4.99 Å². The highest BCUT2D eigenvalue weighted by molar-refractivity contribution is 14.0. The predicted molar refractivity (Wildman–Crippen MR) is 111 cm³/mol. The van der Waals surface area contributed by atoms with Gasteiger partial charge in [-0.05, 0) is 31.4 Å². The molecule has 1 aromatic heterocycles. The standard InChI is InChI=1S/C16H28N4O3S.HI/c1-3-9-17-16(18-10-8-15-7-5-12-23-15)19-13-14-6-4-11-20(14)24(2,21)22;/h5,7,12,14H,3-4,6,8-11,13H2,1-2H3,(H2,17,18,19);1H/t14-;/m1./s1. The molecule has 7 nitrogen and oxygen atoms in total. The molecule has 0 saturated carbocycles. The van der Waals surface area contributed by atoms with Crippen molar-refractivity contribution in [2.75, 3.05) is 32.4 Å². The average molecular weight is 484 g/mol. The van der Waals surface area contributed by atoms with Crippen molar-refractivity contribution in [1.29, 1.82) is 0 Å². The van der Waals surface area contributed by atoms with E-state index < -0.39 is 10.0 Å². The Bertz CT molecular complexity index is 619. The van der Waals surface area contributed by atoms with Gasteiger partial charge in [0.1, 0.15) is 5.76 Å². The molecule has 2 rings (SSSR count). The minimum absolute atomic E-state index is 0. The number of rotatable bonds is 8. The fourth-order valence-electron chi connectivity index (χ4n) is 2.80. The van der Waals surface area contributed by atoms with Crippen LogP contribution >= 0.6 is 24.0 Å². The predicted octanol–water partition coefficient (Wildman–Crippen LogP) is 1.81. The second-order valence-electron chi connectivity index (χ2n) is 6.04. The topological polar surface area (TPSA) is 86.9 Å². The van der Waals surface area contributed by atoms with Gasteiger partial charge in [0.25, 0.3) is 0 Å². The van der Waals surface area contributed by atoms with Crippen LogP contribution in [0.2, 0.25) is 0 Å². The lowest BCUT2D eigenvalue weighted by Crippen LogP contribution is -2.41. The van der Waals surface area contributed by atoms with Crippen LogP contribution in [0.4, 0.5) is 0 Å². The second kappa shape index (κ2) is 11.0. The van der Waals surface area contributed by atoms with Crippen molar-refractivity contribution in [3.05, 3.63) is 24.2 Å². The van der Waals surface area contributed by atoms with Crippen molar-refractivity contribution >= 4 is 40.0 Å². The van der Waals surface area contributed by atoms with Crippen molar-refractivity contribution < 1.29 is 12.8 Å². The third-order valence-corrected chi connectivity index (χ3v) is 5.33. The summed E-state index contributed by atoms with van der Waals surface area (Å²) >= 11 is 0. The Kier molecular flexibility index (Phi) is 9.80. The van der Waals surface area contributed by atoms with Gasteiger partial charge in [-0.25, -0.2) is 8.42 Å². The summed E-state index contributed by atoms with van der Waals surface area (Å²) in [4.78, 5) is 4.58. The van der Waals surface area contributed by atoms with Crippen LogP contribution in [0.15, 0.2) is 27.8 Å². The Hall–Kier alpha value is -0.810. The minimum atomic E-state index is -3.15. The van der Waals surface area contributed by atoms with Gasteiger partial charge in [-0.15, -0.1) is 24.0 Å². The molecule has 0 aromatic carbocycles. The fourth-order valence-corrected chi connectivity index (χ4v) is 3.98. The number of hydrogen-bond acceptors (Lipinski definition) is 4. The van der Waals surface area contributed by atoms with E-state index in [1.54, 1.807) is 10.6 Å². The van der Waals surface area contributed by atoms with Crippen LogP contribution in [0.1, 0.15) is 31.9 Å². The molecule has 0 amide bonds. The first-order chi connectivity index (χ1) is 11.5. The Labute approximate surface area is 167 Å². The highest BCUT2D eigenvalue weighted by Crippen LogP contribution is 2.20. The lowest BCUT2D eigenvalue weighted by atomic mass is 10.2. The molecule has 9 heteroatoms. The Morgan fingerprint density at radius 1 is 1.40 bits per heavy atom. The van der Waals surface area contributed by atoms with Crippen LogP contribution < -0.4 is 10.6 Å². The zero-order valence-corrected chi connectivity index (χ0v) is 18.0. The molecule has 1 saturated heterocycles. The zero-order chi connectivity index (χ0) is 17.4. The van der Waals surface area contributed by atoms with Crippen LogP contribution in [0.25, 0.3) is 0 Å². The van der Waals surface area contributed by atoms with Gasteiger partial charge in [-0.2, -0.15) is 4.31 Å². The van der Waals surface area contributed by atoms with E-state index in [1.807, 2.05) is 12.1 Å². The zero-order valence-electron chi connectivity index (χ0n) is 14.9. The highest BCUT2D eigenvalue weighted by atomic mass is 127. The monoisotopic (exact) mass is 484 g/mol. The summed E-state index contributed by atoms with van der Waals surface area (Å²) in [6.07, 6.45) is 6.48. The lowest BCUT2D eigenvalue weighted by molar-refractivity contribution is 0.396. The third-order valence-electron chi connectivity index (χ3n) is 4.00. The average Bonchev–Trinajstić information content (AvgIpc) is 3.20.